The van der Waals surface area contributed by atoms with Gasteiger partial charge in [0, 0.05) is 12.6 Å². The first-order valence-electron chi connectivity index (χ1n) is 8.18. The molecule has 1 N–H and O–H groups in total. The molecule has 146 valence electrons. The van der Waals surface area contributed by atoms with E-state index in [1.54, 1.807) is 18.2 Å². The van der Waals surface area contributed by atoms with Gasteiger partial charge in [-0.05, 0) is 23.8 Å². The Bertz CT molecular complexity index is 1100. The number of nitro groups is 1. The van der Waals surface area contributed by atoms with E-state index in [-0.39, 0.29) is 24.4 Å². The van der Waals surface area contributed by atoms with Gasteiger partial charge in [-0.15, -0.1) is 0 Å². The second-order valence-corrected chi connectivity index (χ2v) is 5.83. The summed E-state index contributed by atoms with van der Waals surface area (Å²) in [5.41, 5.74) is 0.932. The van der Waals surface area contributed by atoms with Crippen molar-refractivity contribution in [1.29, 1.82) is 0 Å². The van der Waals surface area contributed by atoms with E-state index in [4.69, 9.17) is 13.9 Å². The highest BCUT2D eigenvalue weighted by Crippen LogP contribution is 2.27. The van der Waals surface area contributed by atoms with Gasteiger partial charge in [-0.3, -0.25) is 19.5 Å². The summed E-state index contributed by atoms with van der Waals surface area (Å²) < 4.78 is 16.5. The summed E-state index contributed by atoms with van der Waals surface area (Å²) in [6.07, 6.45) is 0. The van der Waals surface area contributed by atoms with Crippen LogP contribution in [0.25, 0.3) is 11.1 Å². The number of methoxy groups -OCH3 is 2. The van der Waals surface area contributed by atoms with E-state index in [1.807, 2.05) is 0 Å². The van der Waals surface area contributed by atoms with Crippen molar-refractivity contribution >= 4 is 22.7 Å². The largest absolute Gasteiger partial charge is 0.493 e. The smallest absolute Gasteiger partial charge is 0.420 e. The maximum Gasteiger partial charge on any atom is 0.420 e. The minimum Gasteiger partial charge on any atom is -0.493 e. The first-order chi connectivity index (χ1) is 13.4. The third-order valence-corrected chi connectivity index (χ3v) is 4.10. The normalized spacial score (nSPS) is 10.6. The topological polar surface area (TPSA) is 126 Å². The zero-order valence-corrected chi connectivity index (χ0v) is 15.1. The fraction of sp³-hybridized carbons (Fsp3) is 0.222. The van der Waals surface area contributed by atoms with Gasteiger partial charge in [0.1, 0.15) is 6.54 Å². The second kappa shape index (κ2) is 7.82. The summed E-state index contributed by atoms with van der Waals surface area (Å²) in [4.78, 5) is 34.5. The second-order valence-electron chi connectivity index (χ2n) is 5.83. The van der Waals surface area contributed by atoms with Crippen LogP contribution in [0, 0.1) is 10.1 Å². The number of carbonyl (C=O) groups is 1. The van der Waals surface area contributed by atoms with Crippen LogP contribution in [0.5, 0.6) is 11.5 Å². The maximum atomic E-state index is 12.3. The van der Waals surface area contributed by atoms with Crippen molar-refractivity contribution in [2.45, 2.75) is 13.1 Å². The summed E-state index contributed by atoms with van der Waals surface area (Å²) in [6.45, 7) is -0.0634. The van der Waals surface area contributed by atoms with Crippen LogP contribution in [0.4, 0.5) is 5.69 Å². The lowest BCUT2D eigenvalue weighted by Crippen LogP contribution is -2.30. The highest BCUT2D eigenvalue weighted by atomic mass is 16.6. The molecule has 28 heavy (non-hydrogen) atoms. The van der Waals surface area contributed by atoms with Crippen molar-refractivity contribution in [3.8, 4) is 11.5 Å². The third kappa shape index (κ3) is 3.80. The molecule has 0 aliphatic carbocycles. The number of rotatable bonds is 7. The summed E-state index contributed by atoms with van der Waals surface area (Å²) in [7, 11) is 3.04. The highest BCUT2D eigenvalue weighted by molar-refractivity contribution is 5.80. The van der Waals surface area contributed by atoms with Crippen molar-refractivity contribution in [3.63, 3.8) is 0 Å². The van der Waals surface area contributed by atoms with Crippen LogP contribution >= 0.6 is 0 Å². The number of fused-ring (bicyclic) bond motifs is 1. The molecule has 0 bridgehead atoms. The lowest BCUT2D eigenvalue weighted by Gasteiger charge is -2.10. The van der Waals surface area contributed by atoms with Crippen LogP contribution < -0.4 is 20.5 Å². The predicted molar refractivity (Wildman–Crippen MR) is 98.5 cm³/mol. The molecule has 0 unspecified atom stereocenters. The van der Waals surface area contributed by atoms with Gasteiger partial charge >= 0.3 is 5.76 Å². The fourth-order valence-electron chi connectivity index (χ4n) is 2.71. The van der Waals surface area contributed by atoms with Crippen LogP contribution in [0.2, 0.25) is 0 Å². The Morgan fingerprint density at radius 3 is 2.61 bits per heavy atom. The summed E-state index contributed by atoms with van der Waals surface area (Å²) in [5.74, 6) is -0.0781. The van der Waals surface area contributed by atoms with Crippen LogP contribution in [-0.4, -0.2) is 29.6 Å². The molecule has 10 nitrogen and oxygen atoms in total. The van der Waals surface area contributed by atoms with E-state index in [2.05, 4.69) is 5.32 Å². The Morgan fingerprint density at radius 2 is 1.93 bits per heavy atom. The van der Waals surface area contributed by atoms with Gasteiger partial charge in [0.15, 0.2) is 17.1 Å². The van der Waals surface area contributed by atoms with Gasteiger partial charge in [0.2, 0.25) is 5.91 Å². The van der Waals surface area contributed by atoms with E-state index < -0.39 is 16.6 Å². The number of non-ortho nitro benzene ring substituents is 1. The highest BCUT2D eigenvalue weighted by Gasteiger charge is 2.16. The van der Waals surface area contributed by atoms with Gasteiger partial charge in [-0.1, -0.05) is 6.07 Å². The van der Waals surface area contributed by atoms with Crippen LogP contribution in [0.15, 0.2) is 45.6 Å². The number of carbonyl (C=O) groups excluding carboxylic acids is 1. The molecule has 3 aromatic rings. The quantitative estimate of drug-likeness (QED) is 0.484. The Morgan fingerprint density at radius 1 is 1.18 bits per heavy atom. The van der Waals surface area contributed by atoms with Gasteiger partial charge in [0.25, 0.3) is 5.69 Å². The van der Waals surface area contributed by atoms with Gasteiger partial charge in [-0.2, -0.15) is 0 Å². The molecule has 10 heteroatoms. The van der Waals surface area contributed by atoms with E-state index in [9.17, 15) is 19.7 Å². The molecule has 2 aromatic carbocycles. The van der Waals surface area contributed by atoms with E-state index in [1.165, 1.54) is 26.4 Å². The predicted octanol–water partition coefficient (Wildman–Crippen LogP) is 1.84. The van der Waals surface area contributed by atoms with Crippen LogP contribution in [-0.2, 0) is 17.9 Å². The summed E-state index contributed by atoms with van der Waals surface area (Å²) in [5, 5.41) is 13.5. The molecule has 0 aliphatic rings. The Hall–Kier alpha value is -3.82. The molecule has 0 saturated heterocycles. The zero-order valence-electron chi connectivity index (χ0n) is 15.1. The summed E-state index contributed by atoms with van der Waals surface area (Å²) >= 11 is 0. The molecule has 0 atom stereocenters. The summed E-state index contributed by atoms with van der Waals surface area (Å²) in [6, 6.07) is 9.00. The van der Waals surface area contributed by atoms with E-state index >= 15 is 0 Å². The minimum atomic E-state index is -0.767. The molecule has 0 radical (unpaired) electrons. The van der Waals surface area contributed by atoms with Crippen LogP contribution in [0.3, 0.4) is 0 Å². The van der Waals surface area contributed by atoms with Crippen molar-refractivity contribution in [2.75, 3.05) is 14.2 Å². The first-order valence-corrected chi connectivity index (χ1v) is 8.18. The Kier molecular flexibility index (Phi) is 5.30. The number of nitrogens with one attached hydrogen (secondary N) is 1. The molecule has 1 heterocycles. The monoisotopic (exact) mass is 387 g/mol. The SMILES string of the molecule is COc1ccc(CNC(=O)Cn2c(=O)oc3cc([N+](=O)[O-])ccc32)cc1OC. The van der Waals surface area contributed by atoms with Crippen molar-refractivity contribution in [2.24, 2.45) is 0 Å². The molecular weight excluding hydrogens is 370 g/mol. The number of ether oxygens (including phenoxy) is 2. The van der Waals surface area contributed by atoms with Crippen molar-refractivity contribution in [1.82, 2.24) is 9.88 Å². The average Bonchev–Trinajstić information content (AvgIpc) is 3.00. The van der Waals surface area contributed by atoms with Gasteiger partial charge in [0.05, 0.1) is 30.7 Å². The maximum absolute atomic E-state index is 12.3. The third-order valence-electron chi connectivity index (χ3n) is 4.10. The van der Waals surface area contributed by atoms with Crippen molar-refractivity contribution in [3.05, 3.63) is 62.6 Å². The zero-order chi connectivity index (χ0) is 20.3. The van der Waals surface area contributed by atoms with E-state index in [0.717, 1.165) is 16.2 Å². The van der Waals surface area contributed by atoms with E-state index in [0.29, 0.717) is 17.0 Å². The molecule has 0 saturated carbocycles. The number of nitro benzene ring substituents is 1. The minimum absolute atomic E-state index is 0.0480. The molecular formula is C18H17N3O7. The molecule has 0 spiro atoms. The first kappa shape index (κ1) is 19.0. The van der Waals surface area contributed by atoms with Gasteiger partial charge < -0.3 is 19.2 Å². The standard InChI is InChI=1S/C18H17N3O7/c1-26-14-6-3-11(7-16(14)27-2)9-19-17(22)10-20-13-5-4-12(21(24)25)8-15(13)28-18(20)23/h3-8H,9-10H2,1-2H3,(H,19,22). The number of hydrogen-bond donors (Lipinski definition) is 1. The molecule has 0 aliphatic heterocycles. The number of amides is 1. The van der Waals surface area contributed by atoms with Crippen molar-refractivity contribution < 1.29 is 23.6 Å². The molecule has 1 aromatic heterocycles. The number of aromatic nitrogens is 1. The molecule has 3 rings (SSSR count). The van der Waals surface area contributed by atoms with Gasteiger partial charge in [-0.25, -0.2) is 4.79 Å². The molecule has 0 fully saturated rings. The number of oxazole rings is 1. The number of hydrogen-bond acceptors (Lipinski definition) is 7. The van der Waals surface area contributed by atoms with Crippen LogP contribution in [0.1, 0.15) is 5.56 Å². The average molecular weight is 387 g/mol. The lowest BCUT2D eigenvalue weighted by atomic mass is 10.2. The molecule has 1 amide bonds. The Labute approximate surface area is 158 Å². The fourth-order valence-corrected chi connectivity index (χ4v) is 2.71. The number of nitrogens with zero attached hydrogens (tertiary/aromatic N) is 2. The lowest BCUT2D eigenvalue weighted by molar-refractivity contribution is -0.384. The Balaban J connectivity index is 1.72. The number of benzene rings is 2.